The van der Waals surface area contributed by atoms with Gasteiger partial charge in [-0.1, -0.05) is 61.2 Å². The fourth-order valence-corrected chi connectivity index (χ4v) is 6.34. The Morgan fingerprint density at radius 2 is 1.94 bits per heavy atom. The highest BCUT2D eigenvalue weighted by atomic mass is 35.5. The number of amides is 1. The lowest BCUT2D eigenvalue weighted by Gasteiger charge is -2.33. The number of nitrogens with zero attached hydrogens (tertiary/aromatic N) is 4. The largest absolute Gasteiger partial charge is 0.357 e. The Balaban J connectivity index is 1.28. The molecule has 4 rings (SSSR count). The number of halogens is 1. The Kier molecular flexibility index (Phi) is 10.3. The van der Waals surface area contributed by atoms with E-state index in [1.54, 1.807) is 11.8 Å². The van der Waals surface area contributed by atoms with E-state index in [1.165, 1.54) is 57.9 Å². The van der Waals surface area contributed by atoms with Crippen LogP contribution in [0.15, 0.2) is 35.5 Å². The first kappa shape index (κ1) is 27.2. The predicted octanol–water partition coefficient (Wildman–Crippen LogP) is 6.19. The summed E-state index contributed by atoms with van der Waals surface area (Å²) in [5.74, 6) is 1.56. The summed E-state index contributed by atoms with van der Waals surface area (Å²) in [5.41, 5.74) is 1.77. The van der Waals surface area contributed by atoms with Crippen LogP contribution in [0.3, 0.4) is 0 Å². The Hall–Kier alpha value is -1.83. The number of piperidine rings is 1. The van der Waals surface area contributed by atoms with E-state index in [9.17, 15) is 4.79 Å². The third-order valence-corrected chi connectivity index (χ3v) is 8.66. The highest BCUT2D eigenvalue weighted by molar-refractivity contribution is 7.98. The van der Waals surface area contributed by atoms with E-state index in [0.717, 1.165) is 24.3 Å². The Morgan fingerprint density at radius 1 is 1.14 bits per heavy atom. The minimum atomic E-state index is -0.0102. The van der Waals surface area contributed by atoms with Gasteiger partial charge in [0, 0.05) is 49.6 Å². The lowest BCUT2D eigenvalue weighted by atomic mass is 9.94. The van der Waals surface area contributed by atoms with E-state index in [0.29, 0.717) is 40.3 Å². The maximum Gasteiger partial charge on any atom is 0.251 e. The molecule has 1 saturated carbocycles. The maximum atomic E-state index is 12.7. The molecule has 1 aromatic carbocycles. The second-order valence-corrected chi connectivity index (χ2v) is 11.5. The number of anilines is 1. The van der Waals surface area contributed by atoms with Crippen LogP contribution in [-0.4, -0.2) is 59.5 Å². The number of aromatic nitrogens is 2. The lowest BCUT2D eigenvalue weighted by molar-refractivity contribution is 0.0949. The van der Waals surface area contributed by atoms with Crippen LogP contribution >= 0.6 is 23.4 Å². The molecule has 1 aromatic heterocycles. The molecule has 8 heteroatoms. The summed E-state index contributed by atoms with van der Waals surface area (Å²) in [6, 6.07) is 10.9. The van der Waals surface area contributed by atoms with Crippen LogP contribution in [0.2, 0.25) is 5.15 Å². The van der Waals surface area contributed by atoms with Gasteiger partial charge in [0.05, 0.1) is 0 Å². The summed E-state index contributed by atoms with van der Waals surface area (Å²) in [5, 5.41) is 4.23. The van der Waals surface area contributed by atoms with Crippen LogP contribution in [0.25, 0.3) is 0 Å². The van der Waals surface area contributed by atoms with E-state index in [-0.39, 0.29) is 5.91 Å². The summed E-state index contributed by atoms with van der Waals surface area (Å²) < 4.78 is 0. The molecule has 1 N–H and O–H groups in total. The lowest BCUT2D eigenvalue weighted by Crippen LogP contribution is -2.39. The minimum Gasteiger partial charge on any atom is -0.357 e. The smallest absolute Gasteiger partial charge is 0.251 e. The van der Waals surface area contributed by atoms with Crippen molar-refractivity contribution < 1.29 is 4.79 Å². The van der Waals surface area contributed by atoms with E-state index in [4.69, 9.17) is 16.6 Å². The van der Waals surface area contributed by atoms with Crippen molar-refractivity contribution in [3.63, 3.8) is 0 Å². The summed E-state index contributed by atoms with van der Waals surface area (Å²) in [6.45, 7) is 5.25. The van der Waals surface area contributed by atoms with Crippen molar-refractivity contribution >= 4 is 35.1 Å². The summed E-state index contributed by atoms with van der Waals surface area (Å²) in [6.07, 6.45) is 11.2. The molecule has 196 valence electrons. The van der Waals surface area contributed by atoms with E-state index in [1.807, 2.05) is 30.3 Å². The van der Waals surface area contributed by atoms with Crippen molar-refractivity contribution in [1.82, 2.24) is 20.2 Å². The van der Waals surface area contributed by atoms with Crippen molar-refractivity contribution in [2.75, 3.05) is 31.6 Å². The van der Waals surface area contributed by atoms with E-state index >= 15 is 0 Å². The standard InChI is InChI=1S/C28H40ClN5OS/c1-21-10-6-7-16-34(21)17-9-15-30-27(35)23-12-8-11-22(18-23)20-36-28-31-25(29)19-26(32-28)33(2)24-13-4-3-5-14-24/h8,11-12,18-19,21,24H,3-7,9-10,13-17,20H2,1-2H3,(H,30,35). The maximum absolute atomic E-state index is 12.7. The van der Waals surface area contributed by atoms with Crippen molar-refractivity contribution in [1.29, 1.82) is 0 Å². The van der Waals surface area contributed by atoms with Crippen LogP contribution in [0, 0.1) is 0 Å². The summed E-state index contributed by atoms with van der Waals surface area (Å²) >= 11 is 7.91. The van der Waals surface area contributed by atoms with Gasteiger partial charge < -0.3 is 15.1 Å². The summed E-state index contributed by atoms with van der Waals surface area (Å²) in [4.78, 5) is 26.7. The van der Waals surface area contributed by atoms with Gasteiger partial charge in [-0.15, -0.1) is 0 Å². The van der Waals surface area contributed by atoms with Gasteiger partial charge in [-0.2, -0.15) is 0 Å². The van der Waals surface area contributed by atoms with Crippen molar-refractivity contribution in [3.05, 3.63) is 46.6 Å². The minimum absolute atomic E-state index is 0.0102. The van der Waals surface area contributed by atoms with Crippen molar-refractivity contribution in [3.8, 4) is 0 Å². The fourth-order valence-electron chi connectivity index (χ4n) is 5.31. The number of nitrogens with one attached hydrogen (secondary N) is 1. The van der Waals surface area contributed by atoms with Gasteiger partial charge in [0.2, 0.25) is 0 Å². The first-order valence-electron chi connectivity index (χ1n) is 13.5. The van der Waals surface area contributed by atoms with Gasteiger partial charge in [0.1, 0.15) is 11.0 Å². The molecule has 1 atom stereocenters. The first-order chi connectivity index (χ1) is 17.5. The zero-order valence-electron chi connectivity index (χ0n) is 21.7. The van der Waals surface area contributed by atoms with Crippen molar-refractivity contribution in [2.45, 2.75) is 87.7 Å². The normalized spacial score (nSPS) is 19.2. The van der Waals surface area contributed by atoms with Crippen LogP contribution in [0.5, 0.6) is 0 Å². The van der Waals surface area contributed by atoms with Gasteiger partial charge in [-0.05, 0) is 63.3 Å². The van der Waals surface area contributed by atoms with Crippen LogP contribution in [-0.2, 0) is 5.75 Å². The fraction of sp³-hybridized carbons (Fsp3) is 0.607. The van der Waals surface area contributed by atoms with E-state index < -0.39 is 0 Å². The molecule has 1 unspecified atom stereocenters. The molecule has 1 amide bonds. The number of hydrogen-bond donors (Lipinski definition) is 1. The molecule has 0 bridgehead atoms. The van der Waals surface area contributed by atoms with Crippen molar-refractivity contribution in [2.24, 2.45) is 0 Å². The van der Waals surface area contributed by atoms with Gasteiger partial charge >= 0.3 is 0 Å². The molecule has 2 heterocycles. The van der Waals surface area contributed by atoms with Gasteiger partial charge in [0.15, 0.2) is 5.16 Å². The highest BCUT2D eigenvalue weighted by Gasteiger charge is 2.20. The predicted molar refractivity (Wildman–Crippen MR) is 150 cm³/mol. The second kappa shape index (κ2) is 13.6. The Labute approximate surface area is 225 Å². The molecule has 2 aromatic rings. The molecule has 1 aliphatic heterocycles. The average Bonchev–Trinajstić information content (AvgIpc) is 2.90. The second-order valence-electron chi connectivity index (χ2n) is 10.2. The molecule has 0 spiro atoms. The Morgan fingerprint density at radius 3 is 2.75 bits per heavy atom. The van der Waals surface area contributed by atoms with E-state index in [2.05, 4.69) is 34.1 Å². The topological polar surface area (TPSA) is 61.4 Å². The highest BCUT2D eigenvalue weighted by Crippen LogP contribution is 2.29. The number of carbonyl (C=O) groups is 1. The van der Waals surface area contributed by atoms with Gasteiger partial charge in [-0.25, -0.2) is 9.97 Å². The van der Waals surface area contributed by atoms with Gasteiger partial charge in [-0.3, -0.25) is 4.79 Å². The van der Waals surface area contributed by atoms with Crippen LogP contribution < -0.4 is 10.2 Å². The van der Waals surface area contributed by atoms with Gasteiger partial charge in [0.25, 0.3) is 5.91 Å². The first-order valence-corrected chi connectivity index (χ1v) is 14.9. The number of likely N-dealkylation sites (tertiary alicyclic amines) is 1. The SMILES string of the molecule is CC1CCCCN1CCCNC(=O)c1cccc(CSc2nc(Cl)cc(N(C)C3CCCCC3)n2)c1. The third kappa shape index (κ3) is 7.83. The Bertz CT molecular complexity index is 1000. The monoisotopic (exact) mass is 529 g/mol. The third-order valence-electron chi connectivity index (χ3n) is 7.55. The molecule has 0 radical (unpaired) electrons. The molecule has 1 saturated heterocycles. The molecule has 6 nitrogen and oxygen atoms in total. The van der Waals surface area contributed by atoms with Crippen LogP contribution in [0.4, 0.5) is 5.82 Å². The molecule has 1 aliphatic carbocycles. The number of thioether (sulfide) groups is 1. The number of rotatable bonds is 10. The number of carbonyl (C=O) groups excluding carboxylic acids is 1. The molecule has 2 aliphatic rings. The molecule has 36 heavy (non-hydrogen) atoms. The zero-order valence-corrected chi connectivity index (χ0v) is 23.3. The zero-order chi connectivity index (χ0) is 25.3. The summed E-state index contributed by atoms with van der Waals surface area (Å²) in [7, 11) is 2.11. The molecular weight excluding hydrogens is 490 g/mol. The number of benzene rings is 1. The molecular formula is C28H40ClN5OS. The average molecular weight is 530 g/mol. The quantitative estimate of drug-likeness (QED) is 0.171. The van der Waals surface area contributed by atoms with Crippen LogP contribution in [0.1, 0.15) is 80.6 Å². The molecule has 2 fully saturated rings. The number of hydrogen-bond acceptors (Lipinski definition) is 6.